The lowest BCUT2D eigenvalue weighted by molar-refractivity contribution is -0.133. The van der Waals surface area contributed by atoms with E-state index in [1.165, 1.54) is 0 Å². The van der Waals surface area contributed by atoms with Gasteiger partial charge in [-0.1, -0.05) is 13.0 Å². The van der Waals surface area contributed by atoms with Gasteiger partial charge in [0.1, 0.15) is 5.78 Å². The summed E-state index contributed by atoms with van der Waals surface area (Å²) in [6.07, 6.45) is 7.40. The van der Waals surface area contributed by atoms with Crippen LogP contribution in [0.5, 0.6) is 0 Å². The van der Waals surface area contributed by atoms with Crippen molar-refractivity contribution < 1.29 is 9.90 Å². The molecule has 1 heterocycles. The first-order valence-corrected chi connectivity index (χ1v) is 8.14. The molecule has 1 unspecified atom stereocenters. The predicted molar refractivity (Wildman–Crippen MR) is 79.4 cm³/mol. The minimum absolute atomic E-state index is 0.308. The van der Waals surface area contributed by atoms with Crippen LogP contribution in [0.2, 0.25) is 0 Å². The van der Waals surface area contributed by atoms with Crippen molar-refractivity contribution in [2.24, 2.45) is 17.3 Å². The minimum Gasteiger partial charge on any atom is -0.389 e. The van der Waals surface area contributed by atoms with E-state index in [-0.39, 0.29) is 11.5 Å². The van der Waals surface area contributed by atoms with Gasteiger partial charge in [0, 0.05) is 13.0 Å². The number of nitrogens with zero attached hydrogens (tertiary/aromatic N) is 1. The molecule has 3 nitrogen and oxygen atoms in total. The third kappa shape index (κ3) is 2.15. The highest BCUT2D eigenvalue weighted by atomic mass is 16.3. The highest BCUT2D eigenvalue weighted by molar-refractivity contribution is 5.90. The molecule has 2 aliphatic carbocycles. The van der Waals surface area contributed by atoms with Gasteiger partial charge in [0.2, 0.25) is 0 Å². The Labute approximate surface area is 122 Å². The van der Waals surface area contributed by atoms with Crippen LogP contribution in [-0.4, -0.2) is 42.0 Å². The molecule has 1 aliphatic heterocycles. The molecule has 3 heteroatoms. The maximum Gasteiger partial charge on any atom is 0.143 e. The fourth-order valence-corrected chi connectivity index (χ4v) is 4.87. The summed E-state index contributed by atoms with van der Waals surface area (Å²) in [5, 5.41) is 10.5. The average molecular weight is 277 g/mol. The molecule has 2 saturated carbocycles. The topological polar surface area (TPSA) is 40.5 Å². The molecule has 0 aromatic carbocycles. The smallest absolute Gasteiger partial charge is 0.143 e. The molecule has 0 aromatic heterocycles. The van der Waals surface area contributed by atoms with Crippen molar-refractivity contribution >= 4 is 5.78 Å². The molecule has 112 valence electrons. The number of carbonyl (C=O) groups is 1. The van der Waals surface area contributed by atoms with Gasteiger partial charge in [0.25, 0.3) is 0 Å². The van der Waals surface area contributed by atoms with Crippen LogP contribution in [0, 0.1) is 17.3 Å². The van der Waals surface area contributed by atoms with Crippen LogP contribution in [0.4, 0.5) is 0 Å². The summed E-state index contributed by atoms with van der Waals surface area (Å²) in [6, 6.07) is 0. The lowest BCUT2D eigenvalue weighted by Crippen LogP contribution is -2.42. The largest absolute Gasteiger partial charge is 0.389 e. The molecule has 0 aromatic rings. The number of hydrogen-bond acceptors (Lipinski definition) is 3. The number of Topliss-reactive ketones (excluding diaryl/α,β-unsaturated/α-hetero) is 1. The van der Waals surface area contributed by atoms with Crippen LogP contribution in [0.3, 0.4) is 0 Å². The SMILES string of the molecule is C[C@H]1CC(=O)[C@]23CCCN(C)CC/C=C\2[C@@H](O)CC3C1. The maximum atomic E-state index is 12.9. The molecule has 0 radical (unpaired) electrons. The third-order valence-electron chi connectivity index (χ3n) is 5.78. The molecule has 0 amide bonds. The van der Waals surface area contributed by atoms with Crippen molar-refractivity contribution in [3.8, 4) is 0 Å². The second-order valence-corrected chi connectivity index (χ2v) is 7.24. The first-order chi connectivity index (χ1) is 9.54. The van der Waals surface area contributed by atoms with E-state index in [1.54, 1.807) is 0 Å². The molecule has 1 N–H and O–H groups in total. The molecular formula is C17H27NO2. The van der Waals surface area contributed by atoms with Crippen molar-refractivity contribution in [2.75, 3.05) is 20.1 Å². The summed E-state index contributed by atoms with van der Waals surface area (Å²) in [7, 11) is 2.15. The Bertz CT molecular complexity index is 431. The summed E-state index contributed by atoms with van der Waals surface area (Å²) in [4.78, 5) is 15.2. The normalized spacial score (nSPS) is 45.6. The van der Waals surface area contributed by atoms with Crippen molar-refractivity contribution in [1.82, 2.24) is 4.90 Å². The van der Waals surface area contributed by atoms with Crippen molar-refractivity contribution in [3.05, 3.63) is 11.6 Å². The Balaban J connectivity index is 1.99. The molecule has 3 aliphatic rings. The molecular weight excluding hydrogens is 250 g/mol. The molecule has 0 saturated heterocycles. The Morgan fingerprint density at radius 2 is 2.15 bits per heavy atom. The highest BCUT2D eigenvalue weighted by Gasteiger charge is 2.57. The molecule has 0 bridgehead atoms. The standard InChI is InChI=1S/C17H27NO2/c1-12-9-13-11-15(19)14-5-3-7-18(2)8-4-6-17(13,14)16(20)10-12/h5,12-13,15,19H,3-4,6-11H2,1-2H3/b14-5-/t12-,13?,15+,17+/m1/s1. The van der Waals surface area contributed by atoms with Gasteiger partial charge in [-0.2, -0.15) is 0 Å². The van der Waals surface area contributed by atoms with Crippen LogP contribution in [-0.2, 0) is 4.79 Å². The predicted octanol–water partition coefficient (Wildman–Crippen LogP) is 2.39. The van der Waals surface area contributed by atoms with E-state index >= 15 is 0 Å². The molecule has 20 heavy (non-hydrogen) atoms. The van der Waals surface area contributed by atoms with E-state index in [9.17, 15) is 9.90 Å². The summed E-state index contributed by atoms with van der Waals surface area (Å²) >= 11 is 0. The number of hydrogen-bond donors (Lipinski definition) is 1. The zero-order chi connectivity index (χ0) is 14.3. The summed E-state index contributed by atoms with van der Waals surface area (Å²) in [5.41, 5.74) is 0.770. The molecule has 2 fully saturated rings. The minimum atomic E-state index is -0.377. The first kappa shape index (κ1) is 14.3. The van der Waals surface area contributed by atoms with Gasteiger partial charge >= 0.3 is 0 Å². The van der Waals surface area contributed by atoms with Gasteiger partial charge in [-0.15, -0.1) is 0 Å². The lowest BCUT2D eigenvalue weighted by atomic mass is 9.61. The number of ketones is 1. The summed E-state index contributed by atoms with van der Waals surface area (Å²) in [6.45, 7) is 4.28. The monoisotopic (exact) mass is 277 g/mol. The Morgan fingerprint density at radius 1 is 1.35 bits per heavy atom. The van der Waals surface area contributed by atoms with E-state index in [1.807, 2.05) is 0 Å². The number of aliphatic hydroxyl groups is 1. The van der Waals surface area contributed by atoms with Crippen LogP contribution in [0.25, 0.3) is 0 Å². The molecule has 1 spiro atoms. The van der Waals surface area contributed by atoms with Gasteiger partial charge in [0.05, 0.1) is 11.5 Å². The quantitative estimate of drug-likeness (QED) is 0.691. The number of aliphatic hydroxyl groups excluding tert-OH is 1. The summed E-state index contributed by atoms with van der Waals surface area (Å²) in [5.74, 6) is 1.27. The van der Waals surface area contributed by atoms with Gasteiger partial charge in [-0.05, 0) is 63.1 Å². The third-order valence-corrected chi connectivity index (χ3v) is 5.78. The van der Waals surface area contributed by atoms with E-state index in [0.717, 1.165) is 50.8 Å². The second-order valence-electron chi connectivity index (χ2n) is 7.24. The Morgan fingerprint density at radius 3 is 2.95 bits per heavy atom. The zero-order valence-electron chi connectivity index (χ0n) is 12.8. The van der Waals surface area contributed by atoms with E-state index < -0.39 is 0 Å². The van der Waals surface area contributed by atoms with Crippen molar-refractivity contribution in [3.63, 3.8) is 0 Å². The number of carbonyl (C=O) groups excluding carboxylic acids is 1. The second kappa shape index (κ2) is 5.27. The number of rotatable bonds is 0. The van der Waals surface area contributed by atoms with Crippen LogP contribution in [0.1, 0.15) is 45.4 Å². The van der Waals surface area contributed by atoms with Crippen molar-refractivity contribution in [2.45, 2.75) is 51.6 Å². The first-order valence-electron chi connectivity index (χ1n) is 8.14. The van der Waals surface area contributed by atoms with Crippen LogP contribution in [0.15, 0.2) is 11.6 Å². The van der Waals surface area contributed by atoms with Crippen LogP contribution >= 0.6 is 0 Å². The van der Waals surface area contributed by atoms with E-state index in [0.29, 0.717) is 24.0 Å². The zero-order valence-corrected chi connectivity index (χ0v) is 12.8. The maximum absolute atomic E-state index is 12.9. The van der Waals surface area contributed by atoms with Crippen molar-refractivity contribution in [1.29, 1.82) is 0 Å². The lowest BCUT2D eigenvalue weighted by Gasteiger charge is -2.41. The Hall–Kier alpha value is -0.670. The van der Waals surface area contributed by atoms with Gasteiger partial charge in [-0.3, -0.25) is 4.79 Å². The van der Waals surface area contributed by atoms with Gasteiger partial charge in [0.15, 0.2) is 0 Å². The van der Waals surface area contributed by atoms with Crippen LogP contribution < -0.4 is 0 Å². The fraction of sp³-hybridized carbons (Fsp3) is 0.824. The van der Waals surface area contributed by atoms with Gasteiger partial charge in [-0.25, -0.2) is 0 Å². The van der Waals surface area contributed by atoms with Gasteiger partial charge < -0.3 is 10.0 Å². The fourth-order valence-electron chi connectivity index (χ4n) is 4.87. The highest BCUT2D eigenvalue weighted by Crippen LogP contribution is 2.57. The summed E-state index contributed by atoms with van der Waals surface area (Å²) < 4.78 is 0. The Kier molecular flexibility index (Phi) is 3.76. The van der Waals surface area contributed by atoms with E-state index in [4.69, 9.17) is 0 Å². The van der Waals surface area contributed by atoms with E-state index in [2.05, 4.69) is 24.9 Å². The molecule has 3 rings (SSSR count). The average Bonchev–Trinajstić information content (AvgIpc) is 2.67. The molecule has 4 atom stereocenters.